The smallest absolute Gasteiger partial charge is 0.387 e. The van der Waals surface area contributed by atoms with Gasteiger partial charge in [0, 0.05) is 0 Å². The van der Waals surface area contributed by atoms with Crippen molar-refractivity contribution in [3.05, 3.63) is 21.8 Å². The number of pyridine rings is 1. The molecule has 0 saturated heterocycles. The van der Waals surface area contributed by atoms with Crippen molar-refractivity contribution < 1.29 is 17.9 Å². The van der Waals surface area contributed by atoms with Crippen molar-refractivity contribution in [3.63, 3.8) is 0 Å². The molecule has 0 aromatic carbocycles. The third-order valence-electron chi connectivity index (χ3n) is 1.44. The lowest BCUT2D eigenvalue weighted by Crippen LogP contribution is -2.18. The van der Waals surface area contributed by atoms with Crippen molar-refractivity contribution in [2.24, 2.45) is 0 Å². The van der Waals surface area contributed by atoms with Crippen molar-refractivity contribution in [2.75, 3.05) is 0 Å². The molecule has 0 fully saturated rings. The van der Waals surface area contributed by atoms with Crippen LogP contribution in [0, 0.1) is 18.3 Å². The van der Waals surface area contributed by atoms with E-state index in [2.05, 4.69) is 25.7 Å². The highest BCUT2D eigenvalue weighted by Crippen LogP contribution is 2.31. The number of nitriles is 1. The molecule has 0 aliphatic heterocycles. The van der Waals surface area contributed by atoms with Crippen LogP contribution < -0.4 is 4.74 Å². The van der Waals surface area contributed by atoms with Gasteiger partial charge in [0.2, 0.25) is 5.88 Å². The molecule has 0 aliphatic carbocycles. The minimum atomic E-state index is -4.82. The van der Waals surface area contributed by atoms with Crippen molar-refractivity contribution in [1.82, 2.24) is 4.98 Å². The average Bonchev–Trinajstić information content (AvgIpc) is 2.10. The van der Waals surface area contributed by atoms with Crippen LogP contribution in [0.4, 0.5) is 13.2 Å². The molecule has 1 aromatic heterocycles. The van der Waals surface area contributed by atoms with Gasteiger partial charge in [-0.1, -0.05) is 0 Å². The van der Waals surface area contributed by atoms with Crippen LogP contribution in [0.5, 0.6) is 5.88 Å². The molecule has 0 N–H and O–H groups in total. The highest BCUT2D eigenvalue weighted by atomic mass is 79.9. The maximum absolute atomic E-state index is 11.9. The molecule has 0 amide bonds. The van der Waals surface area contributed by atoms with Gasteiger partial charge in [0.1, 0.15) is 11.8 Å². The molecule has 7 heteroatoms. The van der Waals surface area contributed by atoms with Gasteiger partial charge in [-0.3, -0.25) is 0 Å². The Bertz CT molecular complexity index is 425. The molecular formula is C8H4BrF3N2O. The fraction of sp³-hybridized carbons (Fsp3) is 0.250. The number of alkyl halides is 3. The molecule has 3 nitrogen and oxygen atoms in total. The first-order chi connectivity index (χ1) is 6.83. The Hall–Kier alpha value is -1.29. The van der Waals surface area contributed by atoms with E-state index in [0.717, 1.165) is 0 Å². The number of aromatic nitrogens is 1. The zero-order valence-corrected chi connectivity index (χ0v) is 8.98. The van der Waals surface area contributed by atoms with Crippen LogP contribution in [-0.4, -0.2) is 11.3 Å². The lowest BCUT2D eigenvalue weighted by atomic mass is 10.2. The number of hydrogen-bond donors (Lipinski definition) is 0. The van der Waals surface area contributed by atoms with Crippen LogP contribution in [0.1, 0.15) is 11.3 Å². The maximum atomic E-state index is 11.9. The second-order valence-corrected chi connectivity index (χ2v) is 3.40. The van der Waals surface area contributed by atoms with E-state index in [4.69, 9.17) is 5.26 Å². The summed E-state index contributed by atoms with van der Waals surface area (Å²) < 4.78 is 39.5. The molecule has 0 saturated carbocycles. The molecule has 0 unspecified atom stereocenters. The number of aryl methyl sites for hydroxylation is 1. The van der Waals surface area contributed by atoms with Crippen LogP contribution in [0.15, 0.2) is 10.5 Å². The summed E-state index contributed by atoms with van der Waals surface area (Å²) in [6.07, 6.45) is -4.82. The van der Waals surface area contributed by atoms with Crippen LogP contribution in [0.2, 0.25) is 0 Å². The minimum Gasteiger partial charge on any atom is -0.387 e. The zero-order valence-electron chi connectivity index (χ0n) is 7.39. The summed E-state index contributed by atoms with van der Waals surface area (Å²) in [5, 5.41) is 8.51. The van der Waals surface area contributed by atoms with Crippen LogP contribution >= 0.6 is 15.9 Å². The van der Waals surface area contributed by atoms with E-state index in [-0.39, 0.29) is 10.2 Å². The van der Waals surface area contributed by atoms with Gasteiger partial charge in [0.15, 0.2) is 0 Å². The van der Waals surface area contributed by atoms with Gasteiger partial charge in [0.25, 0.3) is 0 Å². The summed E-state index contributed by atoms with van der Waals surface area (Å²) in [5.74, 6) is -0.654. The summed E-state index contributed by atoms with van der Waals surface area (Å²) in [5.41, 5.74) is 0.316. The molecule has 0 spiro atoms. The van der Waals surface area contributed by atoms with E-state index in [1.54, 1.807) is 6.07 Å². The van der Waals surface area contributed by atoms with Gasteiger partial charge >= 0.3 is 6.36 Å². The Labute approximate surface area is 91.6 Å². The number of hydrogen-bond acceptors (Lipinski definition) is 3. The Kier molecular flexibility index (Phi) is 3.19. The molecule has 1 heterocycles. The zero-order chi connectivity index (χ0) is 11.6. The van der Waals surface area contributed by atoms with E-state index in [9.17, 15) is 13.2 Å². The van der Waals surface area contributed by atoms with Gasteiger partial charge < -0.3 is 4.74 Å². The standard InChI is InChI=1S/C8H4BrF3N2O/c1-4-2-5(3-13)14-7(6(4)9)15-8(10,11)12/h2H,1H3. The van der Waals surface area contributed by atoms with Crippen LogP contribution in [0.25, 0.3) is 0 Å². The van der Waals surface area contributed by atoms with Crippen molar-refractivity contribution >= 4 is 15.9 Å². The van der Waals surface area contributed by atoms with Crippen molar-refractivity contribution in [1.29, 1.82) is 5.26 Å². The van der Waals surface area contributed by atoms with Crippen LogP contribution in [0.3, 0.4) is 0 Å². The molecule has 0 aliphatic rings. The summed E-state index contributed by atoms with van der Waals surface area (Å²) in [7, 11) is 0. The first-order valence-corrected chi connectivity index (χ1v) is 4.46. The largest absolute Gasteiger partial charge is 0.574 e. The Balaban J connectivity index is 3.18. The van der Waals surface area contributed by atoms with Gasteiger partial charge in [-0.25, -0.2) is 4.98 Å². The van der Waals surface area contributed by atoms with Crippen molar-refractivity contribution in [2.45, 2.75) is 13.3 Å². The van der Waals surface area contributed by atoms with Gasteiger partial charge in [0.05, 0.1) is 4.47 Å². The fourth-order valence-corrected chi connectivity index (χ4v) is 1.15. The second-order valence-electron chi connectivity index (χ2n) is 2.60. The predicted octanol–water partition coefficient (Wildman–Crippen LogP) is 2.92. The Morgan fingerprint density at radius 2 is 2.13 bits per heavy atom. The van der Waals surface area contributed by atoms with E-state index < -0.39 is 12.2 Å². The summed E-state index contributed by atoms with van der Waals surface area (Å²) in [6, 6.07) is 3.00. The Morgan fingerprint density at radius 3 is 2.60 bits per heavy atom. The van der Waals surface area contributed by atoms with E-state index >= 15 is 0 Å². The van der Waals surface area contributed by atoms with E-state index in [1.807, 2.05) is 0 Å². The first kappa shape index (κ1) is 11.8. The first-order valence-electron chi connectivity index (χ1n) is 3.66. The predicted molar refractivity (Wildman–Crippen MR) is 48.1 cm³/mol. The lowest BCUT2D eigenvalue weighted by Gasteiger charge is -2.10. The quantitative estimate of drug-likeness (QED) is 0.795. The lowest BCUT2D eigenvalue weighted by molar-refractivity contribution is -0.276. The summed E-state index contributed by atoms with van der Waals surface area (Å²) in [6.45, 7) is 1.54. The summed E-state index contributed by atoms with van der Waals surface area (Å²) >= 11 is 2.90. The van der Waals surface area contributed by atoms with E-state index in [1.165, 1.54) is 13.0 Å². The third-order valence-corrected chi connectivity index (χ3v) is 2.40. The van der Waals surface area contributed by atoms with Gasteiger partial charge in [-0.05, 0) is 34.5 Å². The summed E-state index contributed by atoms with van der Waals surface area (Å²) in [4.78, 5) is 3.39. The van der Waals surface area contributed by atoms with Crippen molar-refractivity contribution in [3.8, 4) is 11.9 Å². The fourth-order valence-electron chi connectivity index (χ4n) is 0.862. The molecule has 0 radical (unpaired) electrons. The third kappa shape index (κ3) is 3.09. The molecule has 1 aromatic rings. The number of rotatable bonds is 1. The SMILES string of the molecule is Cc1cc(C#N)nc(OC(F)(F)F)c1Br. The average molecular weight is 281 g/mol. The highest BCUT2D eigenvalue weighted by molar-refractivity contribution is 9.10. The highest BCUT2D eigenvalue weighted by Gasteiger charge is 2.33. The van der Waals surface area contributed by atoms with E-state index in [0.29, 0.717) is 5.56 Å². The molecular weight excluding hydrogens is 277 g/mol. The van der Waals surface area contributed by atoms with Gasteiger partial charge in [-0.15, -0.1) is 13.2 Å². The topological polar surface area (TPSA) is 45.9 Å². The molecule has 1 rings (SSSR count). The number of ether oxygens (including phenoxy) is 1. The molecule has 0 atom stereocenters. The number of halogens is 4. The van der Waals surface area contributed by atoms with Crippen LogP contribution in [-0.2, 0) is 0 Å². The molecule has 80 valence electrons. The normalized spacial score (nSPS) is 10.9. The monoisotopic (exact) mass is 280 g/mol. The second kappa shape index (κ2) is 4.06. The minimum absolute atomic E-state index is 0.0822. The Morgan fingerprint density at radius 1 is 1.53 bits per heavy atom. The molecule has 15 heavy (non-hydrogen) atoms. The maximum Gasteiger partial charge on any atom is 0.574 e. The number of nitrogens with zero attached hydrogens (tertiary/aromatic N) is 2. The van der Waals surface area contributed by atoms with Gasteiger partial charge in [-0.2, -0.15) is 5.26 Å². The molecule has 0 bridgehead atoms.